The Labute approximate surface area is 98.9 Å². The van der Waals surface area contributed by atoms with Crippen molar-refractivity contribution in [3.63, 3.8) is 0 Å². The summed E-state index contributed by atoms with van der Waals surface area (Å²) in [6.07, 6.45) is 0. The molecular weight excluding hydrogens is 222 g/mol. The second-order valence-electron chi connectivity index (χ2n) is 3.83. The van der Waals surface area contributed by atoms with Crippen molar-refractivity contribution in [3.05, 3.63) is 23.8 Å². The zero-order valence-corrected chi connectivity index (χ0v) is 9.31. The number of fused-ring (bicyclic) bond motifs is 1. The summed E-state index contributed by atoms with van der Waals surface area (Å²) in [4.78, 5) is 10.7. The van der Waals surface area contributed by atoms with Crippen LogP contribution in [-0.2, 0) is 11.3 Å². The summed E-state index contributed by atoms with van der Waals surface area (Å²) in [5, 5.41) is 3.05. The molecule has 1 heterocycles. The van der Waals surface area contributed by atoms with Crippen LogP contribution in [0, 0.1) is 0 Å². The fraction of sp³-hybridized carbons (Fsp3) is 0.364. The largest absolute Gasteiger partial charge is 0.454 e. The van der Waals surface area contributed by atoms with Crippen LogP contribution in [-0.4, -0.2) is 25.3 Å². The summed E-state index contributed by atoms with van der Waals surface area (Å²) in [5.41, 5.74) is 11.6. The molecule has 1 aromatic rings. The summed E-state index contributed by atoms with van der Waals surface area (Å²) in [7, 11) is 0. The Kier molecular flexibility index (Phi) is 3.46. The lowest BCUT2D eigenvalue weighted by Gasteiger charge is -2.09. The van der Waals surface area contributed by atoms with E-state index in [1.54, 1.807) is 0 Å². The number of carbonyl (C=O) groups excluding carboxylic acids is 1. The molecule has 0 aliphatic carbocycles. The van der Waals surface area contributed by atoms with Crippen LogP contribution in [0.4, 0.5) is 0 Å². The van der Waals surface area contributed by atoms with E-state index in [1.165, 1.54) is 0 Å². The van der Waals surface area contributed by atoms with Gasteiger partial charge in [0.15, 0.2) is 11.5 Å². The molecule has 2 rings (SSSR count). The third-order valence-electron chi connectivity index (χ3n) is 2.50. The Bertz CT molecular complexity index is 422. The van der Waals surface area contributed by atoms with Gasteiger partial charge in [0.25, 0.3) is 0 Å². The molecule has 0 saturated carbocycles. The molecule has 5 N–H and O–H groups in total. The van der Waals surface area contributed by atoms with Gasteiger partial charge < -0.3 is 26.3 Å². The molecule has 6 heteroatoms. The average molecular weight is 237 g/mol. The molecule has 0 radical (unpaired) electrons. The molecule has 1 unspecified atom stereocenters. The molecule has 0 saturated heterocycles. The predicted molar refractivity (Wildman–Crippen MR) is 61.4 cm³/mol. The van der Waals surface area contributed by atoms with Crippen LogP contribution in [0.3, 0.4) is 0 Å². The first kappa shape index (κ1) is 11.7. The smallest absolute Gasteiger partial charge is 0.235 e. The number of rotatable bonds is 5. The molecule has 1 aliphatic rings. The maximum absolute atomic E-state index is 10.7. The highest BCUT2D eigenvalue weighted by molar-refractivity contribution is 5.79. The third-order valence-corrected chi connectivity index (χ3v) is 2.50. The van der Waals surface area contributed by atoms with Gasteiger partial charge in [0, 0.05) is 13.1 Å². The van der Waals surface area contributed by atoms with Crippen molar-refractivity contribution in [2.24, 2.45) is 11.5 Å². The number of nitrogens with two attached hydrogens (primary N) is 2. The molecule has 6 nitrogen and oxygen atoms in total. The van der Waals surface area contributed by atoms with E-state index in [0.29, 0.717) is 13.1 Å². The lowest BCUT2D eigenvalue weighted by atomic mass is 10.2. The van der Waals surface area contributed by atoms with Crippen molar-refractivity contribution < 1.29 is 14.3 Å². The standard InChI is InChI=1S/C11H15N3O3/c12-8(11(13)15)5-14-4-7-1-2-9-10(3-7)17-6-16-9/h1-3,8,14H,4-6,12H2,(H2,13,15). The number of primary amides is 1. The molecule has 1 atom stereocenters. The van der Waals surface area contributed by atoms with Gasteiger partial charge >= 0.3 is 0 Å². The summed E-state index contributed by atoms with van der Waals surface area (Å²) >= 11 is 0. The monoisotopic (exact) mass is 237 g/mol. The Morgan fingerprint density at radius 3 is 2.94 bits per heavy atom. The van der Waals surface area contributed by atoms with E-state index in [1.807, 2.05) is 18.2 Å². The molecule has 1 amide bonds. The zero-order chi connectivity index (χ0) is 12.3. The van der Waals surface area contributed by atoms with Gasteiger partial charge in [-0.1, -0.05) is 6.07 Å². The van der Waals surface area contributed by atoms with E-state index >= 15 is 0 Å². The molecular formula is C11H15N3O3. The fourth-order valence-electron chi connectivity index (χ4n) is 1.52. The van der Waals surface area contributed by atoms with E-state index in [2.05, 4.69) is 5.32 Å². The number of hydrogen-bond acceptors (Lipinski definition) is 5. The van der Waals surface area contributed by atoms with Gasteiger partial charge in [-0.25, -0.2) is 0 Å². The van der Waals surface area contributed by atoms with Crippen molar-refractivity contribution in [1.29, 1.82) is 0 Å². The van der Waals surface area contributed by atoms with Gasteiger partial charge in [-0.15, -0.1) is 0 Å². The highest BCUT2D eigenvalue weighted by Crippen LogP contribution is 2.32. The second kappa shape index (κ2) is 5.03. The lowest BCUT2D eigenvalue weighted by molar-refractivity contribution is -0.119. The van der Waals surface area contributed by atoms with Crippen LogP contribution in [0.1, 0.15) is 5.56 Å². The highest BCUT2D eigenvalue weighted by Gasteiger charge is 2.13. The predicted octanol–water partition coefficient (Wildman–Crippen LogP) is -0.683. The number of ether oxygens (including phenoxy) is 2. The molecule has 0 bridgehead atoms. The Morgan fingerprint density at radius 2 is 2.18 bits per heavy atom. The van der Waals surface area contributed by atoms with Crippen molar-refractivity contribution in [1.82, 2.24) is 5.32 Å². The van der Waals surface area contributed by atoms with Crippen molar-refractivity contribution in [2.45, 2.75) is 12.6 Å². The number of hydrogen-bond donors (Lipinski definition) is 3. The first-order valence-electron chi connectivity index (χ1n) is 5.31. The quantitative estimate of drug-likeness (QED) is 0.630. The highest BCUT2D eigenvalue weighted by atomic mass is 16.7. The van der Waals surface area contributed by atoms with Crippen LogP contribution in [0.15, 0.2) is 18.2 Å². The van der Waals surface area contributed by atoms with Crippen LogP contribution in [0.5, 0.6) is 11.5 Å². The molecule has 1 aliphatic heterocycles. The average Bonchev–Trinajstić information content (AvgIpc) is 2.75. The minimum Gasteiger partial charge on any atom is -0.454 e. The molecule has 0 spiro atoms. The van der Waals surface area contributed by atoms with Gasteiger partial charge in [0.1, 0.15) is 0 Å². The Hall–Kier alpha value is -1.79. The lowest BCUT2D eigenvalue weighted by Crippen LogP contribution is -2.44. The van der Waals surface area contributed by atoms with Crippen molar-refractivity contribution in [2.75, 3.05) is 13.3 Å². The molecule has 1 aromatic carbocycles. The van der Waals surface area contributed by atoms with E-state index < -0.39 is 11.9 Å². The van der Waals surface area contributed by atoms with Gasteiger partial charge in [0.05, 0.1) is 6.04 Å². The fourth-order valence-corrected chi connectivity index (χ4v) is 1.52. The van der Waals surface area contributed by atoms with Crippen LogP contribution >= 0.6 is 0 Å². The first-order valence-corrected chi connectivity index (χ1v) is 5.31. The summed E-state index contributed by atoms with van der Waals surface area (Å²) in [6.45, 7) is 1.21. The topological polar surface area (TPSA) is 99.6 Å². The summed E-state index contributed by atoms with van der Waals surface area (Å²) < 4.78 is 10.5. The van der Waals surface area contributed by atoms with E-state index in [0.717, 1.165) is 17.1 Å². The molecule has 17 heavy (non-hydrogen) atoms. The second-order valence-corrected chi connectivity index (χ2v) is 3.83. The zero-order valence-electron chi connectivity index (χ0n) is 9.31. The van der Waals surface area contributed by atoms with Crippen LogP contribution < -0.4 is 26.3 Å². The maximum atomic E-state index is 10.7. The Balaban J connectivity index is 1.85. The van der Waals surface area contributed by atoms with Crippen molar-refractivity contribution >= 4 is 5.91 Å². The van der Waals surface area contributed by atoms with Gasteiger partial charge in [-0.3, -0.25) is 4.79 Å². The van der Waals surface area contributed by atoms with Gasteiger partial charge in [0.2, 0.25) is 12.7 Å². The van der Waals surface area contributed by atoms with Gasteiger partial charge in [-0.05, 0) is 17.7 Å². The van der Waals surface area contributed by atoms with Gasteiger partial charge in [-0.2, -0.15) is 0 Å². The van der Waals surface area contributed by atoms with Crippen LogP contribution in [0.2, 0.25) is 0 Å². The first-order chi connectivity index (χ1) is 8.16. The van der Waals surface area contributed by atoms with E-state index in [-0.39, 0.29) is 6.79 Å². The minimum atomic E-state index is -0.663. The number of amides is 1. The molecule has 0 aromatic heterocycles. The SMILES string of the molecule is NC(=O)C(N)CNCc1ccc2c(c1)OCO2. The number of carbonyl (C=O) groups is 1. The van der Waals surface area contributed by atoms with E-state index in [4.69, 9.17) is 20.9 Å². The van der Waals surface area contributed by atoms with Crippen molar-refractivity contribution in [3.8, 4) is 11.5 Å². The number of nitrogens with one attached hydrogen (secondary N) is 1. The number of benzene rings is 1. The molecule has 92 valence electrons. The normalized spacial score (nSPS) is 14.6. The maximum Gasteiger partial charge on any atom is 0.235 e. The third kappa shape index (κ3) is 2.86. The summed E-state index contributed by atoms with van der Waals surface area (Å²) in [6, 6.07) is 5.01. The van der Waals surface area contributed by atoms with E-state index in [9.17, 15) is 4.79 Å². The summed E-state index contributed by atoms with van der Waals surface area (Å²) in [5.74, 6) is 0.981. The Morgan fingerprint density at radius 1 is 1.41 bits per heavy atom. The minimum absolute atomic E-state index is 0.263. The van der Waals surface area contributed by atoms with Crippen LogP contribution in [0.25, 0.3) is 0 Å². The molecule has 0 fully saturated rings.